The molecule has 0 saturated carbocycles. The van der Waals surface area contributed by atoms with Gasteiger partial charge in [-0.05, 0) is 32.6 Å². The van der Waals surface area contributed by atoms with Crippen LogP contribution in [0.3, 0.4) is 0 Å². The van der Waals surface area contributed by atoms with E-state index in [2.05, 4.69) is 13.8 Å². The molecule has 1 atom stereocenters. The van der Waals surface area contributed by atoms with E-state index in [0.29, 0.717) is 25.6 Å². The van der Waals surface area contributed by atoms with Crippen LogP contribution in [0.5, 0.6) is 0 Å². The fraction of sp³-hybridized carbons (Fsp3) is 0.909. The van der Waals surface area contributed by atoms with Crippen molar-refractivity contribution >= 4 is 11.9 Å². The van der Waals surface area contributed by atoms with Gasteiger partial charge in [0.25, 0.3) is 0 Å². The summed E-state index contributed by atoms with van der Waals surface area (Å²) in [6.45, 7) is 8.89. The Kier molecular flexibility index (Phi) is 16.7. The standard InChI is InChI=1S/C22H42O4/c1-5-25-21(23)18-16-14-12-10-8-7-9-11-13-15-17-20(19(3)4)22(24)26-6-2/h19-20H,5-18H2,1-4H3. The first-order valence-electron chi connectivity index (χ1n) is 10.8. The number of rotatable bonds is 17. The van der Waals surface area contributed by atoms with E-state index in [1.807, 2.05) is 13.8 Å². The Bertz CT molecular complexity index is 352. The number of unbranched alkanes of at least 4 members (excludes halogenated alkanes) is 9. The zero-order chi connectivity index (χ0) is 19.6. The van der Waals surface area contributed by atoms with Crippen molar-refractivity contribution < 1.29 is 19.1 Å². The van der Waals surface area contributed by atoms with Gasteiger partial charge in [-0.1, -0.05) is 71.6 Å². The molecule has 0 aliphatic carbocycles. The van der Waals surface area contributed by atoms with Crippen molar-refractivity contribution in [2.45, 2.75) is 105 Å². The first-order valence-corrected chi connectivity index (χ1v) is 10.8. The van der Waals surface area contributed by atoms with Crippen LogP contribution in [0.25, 0.3) is 0 Å². The first-order chi connectivity index (χ1) is 12.5. The number of esters is 2. The molecular formula is C22H42O4. The van der Waals surface area contributed by atoms with Crippen LogP contribution in [0, 0.1) is 11.8 Å². The molecule has 0 N–H and O–H groups in total. The zero-order valence-electron chi connectivity index (χ0n) is 17.7. The molecule has 1 unspecified atom stereocenters. The molecule has 0 aromatic carbocycles. The van der Waals surface area contributed by atoms with Crippen LogP contribution in [-0.2, 0) is 19.1 Å². The van der Waals surface area contributed by atoms with E-state index >= 15 is 0 Å². The van der Waals surface area contributed by atoms with E-state index in [4.69, 9.17) is 9.47 Å². The van der Waals surface area contributed by atoms with Crippen molar-refractivity contribution in [1.29, 1.82) is 0 Å². The Morgan fingerprint density at radius 2 is 1.15 bits per heavy atom. The molecule has 154 valence electrons. The topological polar surface area (TPSA) is 52.6 Å². The van der Waals surface area contributed by atoms with Gasteiger partial charge in [0.2, 0.25) is 0 Å². The lowest BCUT2D eigenvalue weighted by molar-refractivity contribution is -0.150. The Morgan fingerprint density at radius 1 is 0.692 bits per heavy atom. The molecule has 0 aliphatic heterocycles. The van der Waals surface area contributed by atoms with Crippen LogP contribution < -0.4 is 0 Å². The van der Waals surface area contributed by atoms with E-state index in [-0.39, 0.29) is 17.9 Å². The maximum absolute atomic E-state index is 11.9. The van der Waals surface area contributed by atoms with Crippen molar-refractivity contribution in [3.63, 3.8) is 0 Å². The van der Waals surface area contributed by atoms with E-state index in [1.54, 1.807) is 0 Å². The minimum absolute atomic E-state index is 0.0227. The minimum Gasteiger partial charge on any atom is -0.466 e. The van der Waals surface area contributed by atoms with Crippen LogP contribution in [0.4, 0.5) is 0 Å². The second kappa shape index (κ2) is 17.4. The molecule has 0 fully saturated rings. The predicted octanol–water partition coefficient (Wildman–Crippen LogP) is 6.07. The average Bonchev–Trinajstić information content (AvgIpc) is 2.59. The van der Waals surface area contributed by atoms with E-state index in [1.165, 1.54) is 44.9 Å². The Balaban J connectivity index is 3.45. The molecule has 0 bridgehead atoms. The van der Waals surface area contributed by atoms with E-state index < -0.39 is 0 Å². The molecule has 0 aromatic heterocycles. The predicted molar refractivity (Wildman–Crippen MR) is 107 cm³/mol. The van der Waals surface area contributed by atoms with Crippen LogP contribution in [0.1, 0.15) is 105 Å². The highest BCUT2D eigenvalue weighted by Crippen LogP contribution is 2.21. The highest BCUT2D eigenvalue weighted by molar-refractivity contribution is 5.72. The molecule has 4 nitrogen and oxygen atoms in total. The Hall–Kier alpha value is -1.06. The second-order valence-electron chi connectivity index (χ2n) is 7.48. The molecule has 0 radical (unpaired) electrons. The fourth-order valence-electron chi connectivity index (χ4n) is 3.25. The number of ether oxygens (including phenoxy) is 2. The molecule has 26 heavy (non-hydrogen) atoms. The fourth-order valence-corrected chi connectivity index (χ4v) is 3.25. The van der Waals surface area contributed by atoms with Gasteiger partial charge in [0.1, 0.15) is 0 Å². The molecule has 0 saturated heterocycles. The van der Waals surface area contributed by atoms with Crippen LogP contribution in [0.15, 0.2) is 0 Å². The van der Waals surface area contributed by atoms with Gasteiger partial charge in [0, 0.05) is 6.42 Å². The van der Waals surface area contributed by atoms with Gasteiger partial charge in [0.05, 0.1) is 19.1 Å². The molecule has 0 aromatic rings. The zero-order valence-corrected chi connectivity index (χ0v) is 17.7. The maximum Gasteiger partial charge on any atom is 0.309 e. The third-order valence-electron chi connectivity index (χ3n) is 4.85. The lowest BCUT2D eigenvalue weighted by Crippen LogP contribution is -2.22. The summed E-state index contributed by atoms with van der Waals surface area (Å²) < 4.78 is 10.1. The molecule has 0 spiro atoms. The first kappa shape index (κ1) is 24.9. The van der Waals surface area contributed by atoms with Crippen LogP contribution in [-0.4, -0.2) is 25.2 Å². The second-order valence-corrected chi connectivity index (χ2v) is 7.48. The summed E-state index contributed by atoms with van der Waals surface area (Å²) in [6.07, 6.45) is 13.5. The van der Waals surface area contributed by atoms with Gasteiger partial charge < -0.3 is 9.47 Å². The number of hydrogen-bond donors (Lipinski definition) is 0. The van der Waals surface area contributed by atoms with Crippen molar-refractivity contribution in [3.8, 4) is 0 Å². The lowest BCUT2D eigenvalue weighted by Gasteiger charge is -2.18. The lowest BCUT2D eigenvalue weighted by atomic mass is 9.90. The largest absolute Gasteiger partial charge is 0.466 e. The summed E-state index contributed by atoms with van der Waals surface area (Å²) in [5.74, 6) is 0.336. The van der Waals surface area contributed by atoms with Crippen molar-refractivity contribution in [2.75, 3.05) is 13.2 Å². The van der Waals surface area contributed by atoms with Gasteiger partial charge in [-0.15, -0.1) is 0 Å². The summed E-state index contributed by atoms with van der Waals surface area (Å²) in [7, 11) is 0. The van der Waals surface area contributed by atoms with Gasteiger partial charge in [-0.25, -0.2) is 0 Å². The Morgan fingerprint density at radius 3 is 1.62 bits per heavy atom. The van der Waals surface area contributed by atoms with Gasteiger partial charge in [-0.3, -0.25) is 9.59 Å². The van der Waals surface area contributed by atoms with Gasteiger partial charge in [0.15, 0.2) is 0 Å². The van der Waals surface area contributed by atoms with Crippen molar-refractivity contribution in [2.24, 2.45) is 11.8 Å². The number of carbonyl (C=O) groups is 2. The number of carbonyl (C=O) groups excluding carboxylic acids is 2. The molecule has 0 rings (SSSR count). The van der Waals surface area contributed by atoms with E-state index in [9.17, 15) is 9.59 Å². The smallest absolute Gasteiger partial charge is 0.309 e. The van der Waals surface area contributed by atoms with E-state index in [0.717, 1.165) is 25.7 Å². The summed E-state index contributed by atoms with van der Waals surface area (Å²) in [6, 6.07) is 0. The SMILES string of the molecule is CCOC(=O)CCCCCCCCCCCCC(C(=O)OCC)C(C)C. The summed E-state index contributed by atoms with van der Waals surface area (Å²) >= 11 is 0. The Labute approximate surface area is 161 Å². The van der Waals surface area contributed by atoms with Crippen molar-refractivity contribution in [1.82, 2.24) is 0 Å². The number of hydrogen-bond acceptors (Lipinski definition) is 4. The normalized spacial score (nSPS) is 12.2. The van der Waals surface area contributed by atoms with Gasteiger partial charge in [-0.2, -0.15) is 0 Å². The third kappa shape index (κ3) is 14.1. The van der Waals surface area contributed by atoms with Crippen LogP contribution >= 0.6 is 0 Å². The molecule has 0 aliphatic rings. The highest BCUT2D eigenvalue weighted by atomic mass is 16.5. The third-order valence-corrected chi connectivity index (χ3v) is 4.85. The van der Waals surface area contributed by atoms with Crippen LogP contribution in [0.2, 0.25) is 0 Å². The minimum atomic E-state index is -0.0600. The summed E-state index contributed by atoms with van der Waals surface area (Å²) in [5.41, 5.74) is 0. The molecular weight excluding hydrogens is 328 g/mol. The monoisotopic (exact) mass is 370 g/mol. The summed E-state index contributed by atoms with van der Waals surface area (Å²) in [4.78, 5) is 23.1. The van der Waals surface area contributed by atoms with Crippen molar-refractivity contribution in [3.05, 3.63) is 0 Å². The molecule has 4 heteroatoms. The summed E-state index contributed by atoms with van der Waals surface area (Å²) in [5, 5.41) is 0. The highest BCUT2D eigenvalue weighted by Gasteiger charge is 2.22. The maximum atomic E-state index is 11.9. The quantitative estimate of drug-likeness (QED) is 0.230. The average molecular weight is 371 g/mol. The van der Waals surface area contributed by atoms with Gasteiger partial charge >= 0.3 is 11.9 Å². The molecule has 0 heterocycles. The molecule has 0 amide bonds.